The van der Waals surface area contributed by atoms with Crippen molar-refractivity contribution in [2.24, 2.45) is 5.92 Å². The number of aliphatic hydroxyl groups is 1. The van der Waals surface area contributed by atoms with E-state index in [1.807, 2.05) is 18.3 Å². The number of ketones is 1. The first kappa shape index (κ1) is 27.9. The van der Waals surface area contributed by atoms with Gasteiger partial charge in [-0.25, -0.2) is 4.39 Å². The molecule has 7 nitrogen and oxygen atoms in total. The van der Waals surface area contributed by atoms with E-state index in [9.17, 15) is 14.3 Å². The molecule has 0 bridgehead atoms. The number of β-amino-alcohol motifs (C(OH)–C–C–N with tert-alkyl or cyclic N) is 1. The minimum absolute atomic E-state index is 0.125. The van der Waals surface area contributed by atoms with Gasteiger partial charge in [0.2, 0.25) is 0 Å². The van der Waals surface area contributed by atoms with Gasteiger partial charge in [-0.15, -0.1) is 11.3 Å². The van der Waals surface area contributed by atoms with Crippen molar-refractivity contribution in [3.8, 4) is 22.1 Å². The Balaban J connectivity index is 1.12. The minimum atomic E-state index is -0.482. The molecule has 1 atom stereocenters. The zero-order valence-corrected chi connectivity index (χ0v) is 24.1. The maximum atomic E-state index is 14.9. The third-order valence-electron chi connectivity index (χ3n) is 7.93. The summed E-state index contributed by atoms with van der Waals surface area (Å²) in [5.74, 6) is 0.871. The van der Waals surface area contributed by atoms with Gasteiger partial charge >= 0.3 is 0 Å². The maximum Gasteiger partial charge on any atom is 0.166 e. The lowest BCUT2D eigenvalue weighted by Gasteiger charge is -2.39. The predicted molar refractivity (Wildman–Crippen MR) is 159 cm³/mol. The van der Waals surface area contributed by atoms with E-state index in [1.54, 1.807) is 24.4 Å². The Labute approximate surface area is 243 Å². The van der Waals surface area contributed by atoms with Crippen molar-refractivity contribution in [2.45, 2.75) is 45.2 Å². The molecule has 4 heterocycles. The molecule has 1 N–H and O–H groups in total. The predicted octanol–water partition coefficient (Wildman–Crippen LogP) is 5.70. The molecule has 2 aliphatic rings. The summed E-state index contributed by atoms with van der Waals surface area (Å²) < 4.78 is 21.8. The summed E-state index contributed by atoms with van der Waals surface area (Å²) in [4.78, 5) is 27.1. The number of thiophene rings is 1. The second-order valence-electron chi connectivity index (χ2n) is 11.3. The second kappa shape index (κ2) is 12.3. The van der Waals surface area contributed by atoms with E-state index in [4.69, 9.17) is 9.72 Å². The van der Waals surface area contributed by atoms with Gasteiger partial charge < -0.3 is 9.84 Å². The number of aromatic nitrogens is 2. The Morgan fingerprint density at radius 2 is 1.95 bits per heavy atom. The number of ether oxygens (including phenoxy) is 1. The third-order valence-corrected chi connectivity index (χ3v) is 9.09. The fraction of sp³-hybridized carbons (Fsp3) is 0.406. The minimum Gasteiger partial charge on any atom is -0.453 e. The quantitative estimate of drug-likeness (QED) is 0.246. The van der Waals surface area contributed by atoms with Crippen molar-refractivity contribution < 1.29 is 19.0 Å². The van der Waals surface area contributed by atoms with E-state index in [-0.39, 0.29) is 24.6 Å². The zero-order valence-electron chi connectivity index (χ0n) is 23.3. The number of pyridine rings is 2. The lowest BCUT2D eigenvalue weighted by atomic mass is 10.0. The summed E-state index contributed by atoms with van der Waals surface area (Å²) in [5.41, 5.74) is 3.46. The standard InChI is InChI=1S/C32H35FN4O3S/c1-21-19-36(10-11-37(21)12-13-38)20-24-4-6-27(35-18-24)31-17-28-32(41-31)30(8-9-34-28)40-29-7-5-23(16-26(29)33)15-25(39)14-22-2-3-22/h4-9,16-18,21-22,38H,2-3,10-15,19-20H2,1H3/t21-/m0/s1. The number of hydrogen-bond donors (Lipinski definition) is 1. The van der Waals surface area contributed by atoms with Gasteiger partial charge in [-0.3, -0.25) is 24.6 Å². The van der Waals surface area contributed by atoms with Crippen molar-refractivity contribution in [3.63, 3.8) is 0 Å². The molecule has 1 saturated heterocycles. The Kier molecular flexibility index (Phi) is 8.39. The Morgan fingerprint density at radius 1 is 1.10 bits per heavy atom. The second-order valence-corrected chi connectivity index (χ2v) is 12.3. The van der Waals surface area contributed by atoms with E-state index >= 15 is 0 Å². The largest absolute Gasteiger partial charge is 0.453 e. The molecule has 3 aromatic heterocycles. The van der Waals surface area contributed by atoms with Crippen LogP contribution in [0, 0.1) is 11.7 Å². The van der Waals surface area contributed by atoms with Gasteiger partial charge in [0.25, 0.3) is 0 Å². The Morgan fingerprint density at radius 3 is 2.68 bits per heavy atom. The van der Waals surface area contributed by atoms with E-state index in [1.165, 1.54) is 17.4 Å². The zero-order chi connectivity index (χ0) is 28.3. The van der Waals surface area contributed by atoms with Crippen molar-refractivity contribution in [1.29, 1.82) is 0 Å². The molecular weight excluding hydrogens is 539 g/mol. The van der Waals surface area contributed by atoms with E-state index in [2.05, 4.69) is 27.8 Å². The number of carbonyl (C=O) groups excluding carboxylic acids is 1. The first-order valence-corrected chi connectivity index (χ1v) is 15.2. The van der Waals surface area contributed by atoms with Crippen LogP contribution in [0.3, 0.4) is 0 Å². The van der Waals surface area contributed by atoms with Crippen LogP contribution in [0.15, 0.2) is 54.9 Å². The summed E-state index contributed by atoms with van der Waals surface area (Å²) in [5, 5.41) is 9.25. The van der Waals surface area contributed by atoms with Crippen LogP contribution >= 0.6 is 11.3 Å². The highest BCUT2D eigenvalue weighted by Gasteiger charge is 2.25. The van der Waals surface area contributed by atoms with Gasteiger partial charge in [0.1, 0.15) is 11.5 Å². The van der Waals surface area contributed by atoms with Crippen molar-refractivity contribution >= 4 is 27.3 Å². The van der Waals surface area contributed by atoms with Crippen LogP contribution in [0.4, 0.5) is 4.39 Å². The van der Waals surface area contributed by atoms with Crippen molar-refractivity contribution in [2.75, 3.05) is 32.8 Å². The number of hydrogen-bond acceptors (Lipinski definition) is 8. The Hall–Kier alpha value is -3.24. The molecule has 0 radical (unpaired) electrons. The molecule has 1 aromatic carbocycles. The number of halogens is 1. The van der Waals surface area contributed by atoms with Crippen LogP contribution in [-0.2, 0) is 17.8 Å². The van der Waals surface area contributed by atoms with Gasteiger partial charge in [-0.2, -0.15) is 0 Å². The molecule has 6 rings (SSSR count). The lowest BCUT2D eigenvalue weighted by Crippen LogP contribution is -2.52. The summed E-state index contributed by atoms with van der Waals surface area (Å²) in [6.07, 6.45) is 6.70. The van der Waals surface area contributed by atoms with Gasteiger partial charge in [0.15, 0.2) is 11.6 Å². The summed E-state index contributed by atoms with van der Waals surface area (Å²) >= 11 is 1.52. The number of rotatable bonds is 11. The van der Waals surface area contributed by atoms with Gasteiger partial charge in [-0.1, -0.05) is 12.1 Å². The topological polar surface area (TPSA) is 78.8 Å². The molecule has 0 spiro atoms. The molecule has 1 saturated carbocycles. The SMILES string of the molecule is C[C@H]1CN(Cc2ccc(-c3cc4nccc(Oc5ccc(CC(=O)CC6CC6)cc5F)c4s3)nc2)CCN1CCO. The fourth-order valence-corrected chi connectivity index (χ4v) is 6.56. The highest BCUT2D eigenvalue weighted by atomic mass is 32.1. The number of fused-ring (bicyclic) bond motifs is 1. The van der Waals surface area contributed by atoms with Crippen LogP contribution in [0.2, 0.25) is 0 Å². The van der Waals surface area contributed by atoms with Crippen LogP contribution in [0.5, 0.6) is 11.5 Å². The van der Waals surface area contributed by atoms with E-state index in [0.717, 1.165) is 71.9 Å². The average molecular weight is 575 g/mol. The highest BCUT2D eigenvalue weighted by molar-refractivity contribution is 7.22. The van der Waals surface area contributed by atoms with E-state index in [0.29, 0.717) is 29.7 Å². The van der Waals surface area contributed by atoms with Gasteiger partial charge in [-0.05, 0) is 61.1 Å². The van der Waals surface area contributed by atoms with E-state index < -0.39 is 5.82 Å². The number of piperazine rings is 1. The molecule has 2 fully saturated rings. The van der Waals surface area contributed by atoms with Crippen LogP contribution in [0.25, 0.3) is 20.8 Å². The summed E-state index contributed by atoms with van der Waals surface area (Å²) in [6.45, 7) is 6.87. The lowest BCUT2D eigenvalue weighted by molar-refractivity contribution is -0.118. The molecule has 1 aliphatic heterocycles. The summed E-state index contributed by atoms with van der Waals surface area (Å²) in [6, 6.07) is 13.1. The van der Waals surface area contributed by atoms with Gasteiger partial charge in [0, 0.05) is 70.1 Å². The molecule has 0 amide bonds. The number of benzene rings is 1. The van der Waals surface area contributed by atoms with Crippen molar-refractivity contribution in [3.05, 3.63) is 71.8 Å². The normalized spacial score (nSPS) is 18.2. The fourth-order valence-electron chi connectivity index (χ4n) is 5.52. The molecule has 214 valence electrons. The van der Waals surface area contributed by atoms with Crippen LogP contribution in [0.1, 0.15) is 37.3 Å². The number of nitrogens with zero attached hydrogens (tertiary/aromatic N) is 4. The highest BCUT2D eigenvalue weighted by Crippen LogP contribution is 2.39. The molecule has 41 heavy (non-hydrogen) atoms. The molecule has 9 heteroatoms. The van der Waals surface area contributed by atoms with Crippen LogP contribution in [-0.4, -0.2) is 69.5 Å². The number of aliphatic hydroxyl groups excluding tert-OH is 1. The average Bonchev–Trinajstić information content (AvgIpc) is 3.65. The smallest absolute Gasteiger partial charge is 0.166 e. The van der Waals surface area contributed by atoms with Crippen LogP contribution < -0.4 is 4.74 Å². The monoisotopic (exact) mass is 574 g/mol. The van der Waals surface area contributed by atoms with Gasteiger partial charge in [0.05, 0.1) is 27.4 Å². The van der Waals surface area contributed by atoms with Crippen molar-refractivity contribution in [1.82, 2.24) is 19.8 Å². The molecule has 4 aromatic rings. The number of carbonyl (C=O) groups is 1. The Bertz CT molecular complexity index is 1520. The molecular formula is C32H35FN4O3S. The molecule has 0 unspecified atom stereocenters. The first-order valence-electron chi connectivity index (χ1n) is 14.3. The maximum absolute atomic E-state index is 14.9. The first-order chi connectivity index (χ1) is 19.9. The molecule has 1 aliphatic carbocycles. The number of Topliss-reactive ketones (excluding diaryl/α,β-unsaturated/α-hetero) is 1. The third kappa shape index (κ3) is 6.81. The summed E-state index contributed by atoms with van der Waals surface area (Å²) in [7, 11) is 0.